The molecule has 10 heteroatoms. The van der Waals surface area contributed by atoms with E-state index in [0.29, 0.717) is 22.0 Å². The number of nitrogens with two attached hydrogens (primary N) is 2. The first-order chi connectivity index (χ1) is 15.0. The van der Waals surface area contributed by atoms with E-state index >= 15 is 0 Å². The number of anilines is 2. The van der Waals surface area contributed by atoms with Crippen molar-refractivity contribution >= 4 is 29.9 Å². The minimum Gasteiger partial charge on any atom is -0.483 e. The van der Waals surface area contributed by atoms with Crippen LogP contribution >= 0.6 is 11.8 Å². The fourth-order valence-electron chi connectivity index (χ4n) is 2.67. The van der Waals surface area contributed by atoms with Crippen molar-refractivity contribution in [1.29, 1.82) is 0 Å². The third-order valence-electron chi connectivity index (χ3n) is 4.00. The molecule has 0 aliphatic heterocycles. The fourth-order valence-corrected chi connectivity index (χ4v) is 3.52. The molecular formula is C21H17FN6O2S. The van der Waals surface area contributed by atoms with Gasteiger partial charge in [-0.15, -0.1) is 0 Å². The Hall–Kier alpha value is -4.05. The van der Waals surface area contributed by atoms with Crippen LogP contribution in [0.5, 0.6) is 0 Å². The smallest absolute Gasteiger partial charge is 0.290 e. The molecule has 156 valence electrons. The van der Waals surface area contributed by atoms with Crippen LogP contribution in [0.15, 0.2) is 77.3 Å². The summed E-state index contributed by atoms with van der Waals surface area (Å²) in [6.45, 7) is -0.250. The van der Waals surface area contributed by atoms with Crippen molar-refractivity contribution in [1.82, 2.24) is 19.9 Å². The molecule has 31 heavy (non-hydrogen) atoms. The fraction of sp³-hybridized carbons (Fsp3) is 0. The van der Waals surface area contributed by atoms with Crippen LogP contribution in [-0.4, -0.2) is 31.5 Å². The summed E-state index contributed by atoms with van der Waals surface area (Å²) in [5.41, 5.74) is 14.2. The number of carbonyl (C=O) groups is 1. The summed E-state index contributed by atoms with van der Waals surface area (Å²) in [6.07, 6.45) is 6.12. The second kappa shape index (κ2) is 10.1. The molecule has 0 unspecified atom stereocenters. The van der Waals surface area contributed by atoms with Crippen LogP contribution in [0.2, 0.25) is 0 Å². The maximum atomic E-state index is 14.8. The highest BCUT2D eigenvalue weighted by atomic mass is 32.2. The van der Waals surface area contributed by atoms with E-state index in [4.69, 9.17) is 21.4 Å². The molecule has 0 fully saturated rings. The van der Waals surface area contributed by atoms with Crippen molar-refractivity contribution in [3.63, 3.8) is 0 Å². The molecule has 2 aromatic carbocycles. The normalized spacial score (nSPS) is 10.1. The second-order valence-corrected chi connectivity index (χ2v) is 7.04. The number of nitrogens with zero attached hydrogens (tertiary/aromatic N) is 4. The molecule has 0 amide bonds. The third kappa shape index (κ3) is 5.52. The molecule has 5 N–H and O–H groups in total. The third-order valence-corrected chi connectivity index (χ3v) is 4.97. The van der Waals surface area contributed by atoms with E-state index < -0.39 is 0 Å². The average Bonchev–Trinajstić information content (AvgIpc) is 2.77. The molecule has 2 heterocycles. The van der Waals surface area contributed by atoms with E-state index in [-0.39, 0.29) is 18.2 Å². The van der Waals surface area contributed by atoms with Gasteiger partial charge in [0.1, 0.15) is 5.82 Å². The Morgan fingerprint density at radius 1 is 0.871 bits per heavy atom. The molecule has 0 saturated carbocycles. The first-order valence-corrected chi connectivity index (χ1v) is 9.63. The second-order valence-electron chi connectivity index (χ2n) is 6.03. The molecule has 4 rings (SSSR count). The lowest BCUT2D eigenvalue weighted by Crippen LogP contribution is -1.95. The summed E-state index contributed by atoms with van der Waals surface area (Å²) in [4.78, 5) is 25.5. The van der Waals surface area contributed by atoms with Gasteiger partial charge in [0, 0.05) is 28.4 Å². The Balaban J connectivity index is 0.000000858. The van der Waals surface area contributed by atoms with Crippen LogP contribution in [0, 0.1) is 5.82 Å². The van der Waals surface area contributed by atoms with Gasteiger partial charge in [0.15, 0.2) is 5.16 Å². The Morgan fingerprint density at radius 3 is 2.16 bits per heavy atom. The summed E-state index contributed by atoms with van der Waals surface area (Å²) in [5.74, 6) is -0.217. The lowest BCUT2D eigenvalue weighted by molar-refractivity contribution is -0.122. The van der Waals surface area contributed by atoms with Crippen molar-refractivity contribution in [3.8, 4) is 22.3 Å². The van der Waals surface area contributed by atoms with Gasteiger partial charge in [-0.05, 0) is 35.0 Å². The number of hydrogen-bond acceptors (Lipinski definition) is 8. The minimum atomic E-state index is -0.366. The van der Waals surface area contributed by atoms with Crippen LogP contribution in [0.4, 0.5) is 16.0 Å². The molecule has 2 aromatic heterocycles. The molecule has 8 nitrogen and oxygen atoms in total. The van der Waals surface area contributed by atoms with E-state index in [2.05, 4.69) is 19.9 Å². The highest BCUT2D eigenvalue weighted by molar-refractivity contribution is 7.99. The maximum absolute atomic E-state index is 14.8. The van der Waals surface area contributed by atoms with Gasteiger partial charge in [-0.3, -0.25) is 4.79 Å². The predicted molar refractivity (Wildman–Crippen MR) is 117 cm³/mol. The zero-order chi connectivity index (χ0) is 22.2. The largest absolute Gasteiger partial charge is 0.483 e. The van der Waals surface area contributed by atoms with E-state index in [1.54, 1.807) is 18.5 Å². The van der Waals surface area contributed by atoms with Gasteiger partial charge >= 0.3 is 0 Å². The highest BCUT2D eigenvalue weighted by Gasteiger charge is 2.12. The molecule has 0 radical (unpaired) electrons. The number of halogens is 1. The Bertz CT molecular complexity index is 1170. The number of hydrogen-bond donors (Lipinski definition) is 3. The van der Waals surface area contributed by atoms with Crippen molar-refractivity contribution in [3.05, 3.63) is 73.1 Å². The van der Waals surface area contributed by atoms with Crippen molar-refractivity contribution in [2.24, 2.45) is 0 Å². The van der Waals surface area contributed by atoms with Gasteiger partial charge in [-0.25, -0.2) is 24.3 Å². The Labute approximate surface area is 181 Å². The standard InChI is InChI=1S/C20H15FN6S.CH2O2/c21-17-7-12(5-6-15(17)13-8-24-19(23)25-9-13)16-3-1-2-4-18(16)28-20-26-10-14(22)11-27-20;2-1-3/h1-11H,22H2,(H2,23,24,25);1H,(H,2,3). The SMILES string of the molecule is Nc1cnc(Sc2ccccc2-c2ccc(-c3cnc(N)nc3)c(F)c2)nc1.O=CO. The molecule has 0 aliphatic carbocycles. The summed E-state index contributed by atoms with van der Waals surface area (Å²) in [5, 5.41) is 7.46. The highest BCUT2D eigenvalue weighted by Crippen LogP contribution is 2.36. The first-order valence-electron chi connectivity index (χ1n) is 8.82. The molecule has 0 bridgehead atoms. The molecule has 0 aliphatic rings. The van der Waals surface area contributed by atoms with Crippen LogP contribution in [0.25, 0.3) is 22.3 Å². The summed E-state index contributed by atoms with van der Waals surface area (Å²) >= 11 is 1.39. The topological polar surface area (TPSA) is 141 Å². The minimum absolute atomic E-state index is 0.150. The van der Waals surface area contributed by atoms with Crippen molar-refractivity contribution in [2.75, 3.05) is 11.5 Å². The molecule has 4 aromatic rings. The Morgan fingerprint density at radius 2 is 1.52 bits per heavy atom. The number of nitrogen functional groups attached to an aromatic ring is 2. The van der Waals surface area contributed by atoms with Gasteiger partial charge in [-0.1, -0.05) is 30.3 Å². The van der Waals surface area contributed by atoms with Gasteiger partial charge in [0.05, 0.1) is 18.1 Å². The van der Waals surface area contributed by atoms with Crippen molar-refractivity contribution < 1.29 is 14.3 Å². The predicted octanol–water partition coefficient (Wildman–Crippen LogP) is 3.76. The van der Waals surface area contributed by atoms with Crippen LogP contribution in [-0.2, 0) is 4.79 Å². The summed E-state index contributed by atoms with van der Waals surface area (Å²) in [7, 11) is 0. The number of carboxylic acid groups (broad SMARTS) is 1. The molecule has 0 atom stereocenters. The quantitative estimate of drug-likeness (QED) is 0.322. The van der Waals surface area contributed by atoms with Crippen LogP contribution in [0.1, 0.15) is 0 Å². The zero-order valence-electron chi connectivity index (χ0n) is 16.0. The lowest BCUT2D eigenvalue weighted by Gasteiger charge is -2.10. The monoisotopic (exact) mass is 436 g/mol. The van der Waals surface area contributed by atoms with E-state index in [1.807, 2.05) is 30.3 Å². The number of aromatic nitrogens is 4. The molecular weight excluding hydrogens is 419 g/mol. The average molecular weight is 436 g/mol. The lowest BCUT2D eigenvalue weighted by atomic mass is 10.0. The summed E-state index contributed by atoms with van der Waals surface area (Å²) in [6, 6.07) is 12.8. The summed E-state index contributed by atoms with van der Waals surface area (Å²) < 4.78 is 14.8. The number of benzene rings is 2. The van der Waals surface area contributed by atoms with Crippen molar-refractivity contribution in [2.45, 2.75) is 10.1 Å². The molecule has 0 spiro atoms. The van der Waals surface area contributed by atoms with Gasteiger partial charge < -0.3 is 16.6 Å². The van der Waals surface area contributed by atoms with Gasteiger partial charge in [-0.2, -0.15) is 0 Å². The van der Waals surface area contributed by atoms with Crippen LogP contribution < -0.4 is 11.5 Å². The van der Waals surface area contributed by atoms with Gasteiger partial charge in [0.2, 0.25) is 5.95 Å². The van der Waals surface area contributed by atoms with E-state index in [0.717, 1.165) is 16.0 Å². The zero-order valence-corrected chi connectivity index (χ0v) is 16.8. The Kier molecular flexibility index (Phi) is 7.07. The van der Waals surface area contributed by atoms with E-state index in [9.17, 15) is 4.39 Å². The van der Waals surface area contributed by atoms with Gasteiger partial charge in [0.25, 0.3) is 6.47 Å². The number of rotatable bonds is 4. The van der Waals surface area contributed by atoms with Crippen LogP contribution in [0.3, 0.4) is 0 Å². The van der Waals surface area contributed by atoms with E-state index in [1.165, 1.54) is 30.2 Å². The first kappa shape index (κ1) is 21.7. The molecule has 0 saturated heterocycles. The maximum Gasteiger partial charge on any atom is 0.290 e.